The molecular formula is C14H17N3O4S. The summed E-state index contributed by atoms with van der Waals surface area (Å²) in [6.45, 7) is 0.425. The lowest BCUT2D eigenvalue weighted by Crippen LogP contribution is -2.30. The monoisotopic (exact) mass is 323 g/mol. The predicted octanol–water partition coefficient (Wildman–Crippen LogP) is 0.634. The Labute approximate surface area is 131 Å². The summed E-state index contributed by atoms with van der Waals surface area (Å²) in [5.41, 5.74) is 0.562. The molecule has 2 amide bonds. The highest BCUT2D eigenvalue weighted by Crippen LogP contribution is 2.25. The summed E-state index contributed by atoms with van der Waals surface area (Å²) in [4.78, 5) is 40.7. The smallest absolute Gasteiger partial charge is 0.312 e. The van der Waals surface area contributed by atoms with E-state index in [-0.39, 0.29) is 30.9 Å². The summed E-state index contributed by atoms with van der Waals surface area (Å²) >= 11 is 1.34. The summed E-state index contributed by atoms with van der Waals surface area (Å²) in [5.74, 6) is -0.687. The Morgan fingerprint density at radius 3 is 2.95 bits per heavy atom. The minimum absolute atomic E-state index is 0.00917. The number of carbonyl (C=O) groups is 3. The molecule has 1 aromatic rings. The lowest BCUT2D eigenvalue weighted by atomic mass is 10.3. The first-order valence-corrected chi connectivity index (χ1v) is 8.19. The number of rotatable bonds is 6. The number of aromatic nitrogens is 1. The molecule has 1 aromatic heterocycles. The van der Waals surface area contributed by atoms with Crippen molar-refractivity contribution >= 4 is 34.3 Å². The predicted molar refractivity (Wildman–Crippen MR) is 79.5 cm³/mol. The first-order chi connectivity index (χ1) is 10.6. The van der Waals surface area contributed by atoms with E-state index in [9.17, 15) is 14.4 Å². The lowest BCUT2D eigenvalue weighted by Gasteiger charge is -2.10. The Kier molecular flexibility index (Phi) is 4.37. The molecule has 2 heterocycles. The van der Waals surface area contributed by atoms with Crippen molar-refractivity contribution in [1.29, 1.82) is 0 Å². The van der Waals surface area contributed by atoms with Crippen LogP contribution in [0.5, 0.6) is 0 Å². The normalized spacial score (nSPS) is 17.6. The first-order valence-electron chi connectivity index (χ1n) is 7.31. The number of nitrogens with zero attached hydrogens (tertiary/aromatic N) is 2. The van der Waals surface area contributed by atoms with E-state index in [2.05, 4.69) is 10.3 Å². The van der Waals surface area contributed by atoms with E-state index in [1.165, 1.54) is 11.3 Å². The third kappa shape index (κ3) is 3.82. The van der Waals surface area contributed by atoms with Gasteiger partial charge in [-0.15, -0.1) is 11.3 Å². The van der Waals surface area contributed by atoms with Crippen LogP contribution in [0.3, 0.4) is 0 Å². The highest BCUT2D eigenvalue weighted by atomic mass is 32.1. The van der Waals surface area contributed by atoms with Crippen LogP contribution in [-0.2, 0) is 25.5 Å². The molecule has 1 saturated heterocycles. The molecule has 0 aromatic carbocycles. The van der Waals surface area contributed by atoms with E-state index in [4.69, 9.17) is 4.74 Å². The van der Waals surface area contributed by atoms with E-state index < -0.39 is 5.97 Å². The average molecular weight is 323 g/mol. The Hall–Kier alpha value is -1.96. The lowest BCUT2D eigenvalue weighted by molar-refractivity contribution is -0.147. The highest BCUT2D eigenvalue weighted by molar-refractivity contribution is 7.14. The zero-order valence-electron chi connectivity index (χ0n) is 12.0. The molecule has 22 heavy (non-hydrogen) atoms. The second-order valence-electron chi connectivity index (χ2n) is 5.45. The SMILES string of the molecule is O=C(COC(=O)Cc1csc(N2CCCC2=O)n1)NC1CC1. The fraction of sp³-hybridized carbons (Fsp3) is 0.571. The maximum absolute atomic E-state index is 11.7. The quantitative estimate of drug-likeness (QED) is 0.776. The van der Waals surface area contributed by atoms with Crippen molar-refractivity contribution in [2.24, 2.45) is 0 Å². The summed E-state index contributed by atoms with van der Waals surface area (Å²) in [7, 11) is 0. The molecule has 1 saturated carbocycles. The van der Waals surface area contributed by atoms with Gasteiger partial charge in [-0.05, 0) is 19.3 Å². The molecule has 1 aliphatic heterocycles. The van der Waals surface area contributed by atoms with Gasteiger partial charge in [0.25, 0.3) is 5.91 Å². The van der Waals surface area contributed by atoms with E-state index >= 15 is 0 Å². The molecule has 2 aliphatic rings. The van der Waals surface area contributed by atoms with Gasteiger partial charge in [0.2, 0.25) is 5.91 Å². The molecule has 2 fully saturated rings. The van der Waals surface area contributed by atoms with Crippen LogP contribution in [0.2, 0.25) is 0 Å². The van der Waals surface area contributed by atoms with Gasteiger partial charge >= 0.3 is 5.97 Å². The van der Waals surface area contributed by atoms with Crippen LogP contribution in [0.15, 0.2) is 5.38 Å². The molecular weight excluding hydrogens is 306 g/mol. The van der Waals surface area contributed by atoms with E-state index in [0.717, 1.165) is 19.3 Å². The van der Waals surface area contributed by atoms with Crippen molar-refractivity contribution in [3.05, 3.63) is 11.1 Å². The van der Waals surface area contributed by atoms with Gasteiger partial charge in [-0.3, -0.25) is 19.3 Å². The molecule has 1 N–H and O–H groups in total. The second kappa shape index (κ2) is 6.43. The van der Waals surface area contributed by atoms with Gasteiger partial charge in [0, 0.05) is 24.4 Å². The molecule has 0 spiro atoms. The number of ether oxygens (including phenoxy) is 1. The van der Waals surface area contributed by atoms with Crippen molar-refractivity contribution in [2.45, 2.75) is 38.1 Å². The van der Waals surface area contributed by atoms with Crippen LogP contribution in [-0.4, -0.2) is 42.0 Å². The van der Waals surface area contributed by atoms with Crippen molar-refractivity contribution < 1.29 is 19.1 Å². The van der Waals surface area contributed by atoms with Crippen molar-refractivity contribution in [3.63, 3.8) is 0 Å². The number of hydrogen-bond donors (Lipinski definition) is 1. The Morgan fingerprint density at radius 1 is 1.45 bits per heavy atom. The summed E-state index contributed by atoms with van der Waals surface area (Å²) in [6, 6.07) is 0.255. The molecule has 8 heteroatoms. The van der Waals surface area contributed by atoms with Gasteiger partial charge in [-0.2, -0.15) is 0 Å². The van der Waals surface area contributed by atoms with Gasteiger partial charge in [0.15, 0.2) is 11.7 Å². The summed E-state index contributed by atoms with van der Waals surface area (Å²) < 4.78 is 4.93. The third-order valence-corrected chi connectivity index (χ3v) is 4.39. The second-order valence-corrected chi connectivity index (χ2v) is 6.29. The minimum atomic E-state index is -0.490. The van der Waals surface area contributed by atoms with Crippen LogP contribution in [0, 0.1) is 0 Å². The third-order valence-electron chi connectivity index (χ3n) is 3.48. The molecule has 0 bridgehead atoms. The van der Waals surface area contributed by atoms with Crippen LogP contribution >= 0.6 is 11.3 Å². The molecule has 1 aliphatic carbocycles. The summed E-state index contributed by atoms with van der Waals surface area (Å²) in [6.07, 6.45) is 3.39. The average Bonchev–Trinajstić information content (AvgIpc) is 2.99. The van der Waals surface area contributed by atoms with Crippen LogP contribution in [0.4, 0.5) is 5.13 Å². The number of thiazole rings is 1. The van der Waals surface area contributed by atoms with Crippen LogP contribution in [0.1, 0.15) is 31.4 Å². The Morgan fingerprint density at radius 2 is 2.27 bits per heavy atom. The highest BCUT2D eigenvalue weighted by Gasteiger charge is 2.25. The van der Waals surface area contributed by atoms with Crippen molar-refractivity contribution in [2.75, 3.05) is 18.1 Å². The fourth-order valence-electron chi connectivity index (χ4n) is 2.19. The zero-order valence-corrected chi connectivity index (χ0v) is 12.9. The van der Waals surface area contributed by atoms with Crippen LogP contribution in [0.25, 0.3) is 0 Å². The van der Waals surface area contributed by atoms with Gasteiger partial charge in [-0.1, -0.05) is 0 Å². The van der Waals surface area contributed by atoms with Crippen LogP contribution < -0.4 is 10.2 Å². The molecule has 118 valence electrons. The maximum Gasteiger partial charge on any atom is 0.312 e. The number of carbonyl (C=O) groups excluding carboxylic acids is 3. The van der Waals surface area contributed by atoms with Gasteiger partial charge < -0.3 is 10.1 Å². The minimum Gasteiger partial charge on any atom is -0.455 e. The molecule has 3 rings (SSSR count). The summed E-state index contributed by atoms with van der Waals surface area (Å²) in [5, 5.41) is 5.11. The van der Waals surface area contributed by atoms with E-state index in [1.807, 2.05) is 0 Å². The number of amides is 2. The topological polar surface area (TPSA) is 88.6 Å². The molecule has 0 radical (unpaired) electrons. The Balaban J connectivity index is 1.46. The van der Waals surface area contributed by atoms with Gasteiger partial charge in [0.05, 0.1) is 12.1 Å². The zero-order chi connectivity index (χ0) is 15.5. The van der Waals surface area contributed by atoms with Gasteiger partial charge in [0.1, 0.15) is 0 Å². The number of anilines is 1. The first kappa shape index (κ1) is 15.0. The molecule has 0 unspecified atom stereocenters. The maximum atomic E-state index is 11.7. The van der Waals surface area contributed by atoms with Crippen molar-refractivity contribution in [1.82, 2.24) is 10.3 Å². The largest absolute Gasteiger partial charge is 0.455 e. The fourth-order valence-corrected chi connectivity index (χ4v) is 3.06. The van der Waals surface area contributed by atoms with E-state index in [1.54, 1.807) is 10.3 Å². The van der Waals surface area contributed by atoms with Crippen molar-refractivity contribution in [3.8, 4) is 0 Å². The standard InChI is InChI=1S/C14H17N3O4S/c18-11(15-9-3-4-9)7-21-13(20)6-10-8-22-14(16-10)17-5-1-2-12(17)19/h8-9H,1-7H2,(H,15,18). The Bertz CT molecular complexity index is 597. The number of nitrogens with one attached hydrogen (secondary N) is 1. The number of hydrogen-bond acceptors (Lipinski definition) is 6. The molecule has 0 atom stereocenters. The number of esters is 1. The van der Waals surface area contributed by atoms with E-state index in [0.29, 0.717) is 23.8 Å². The molecule has 7 nitrogen and oxygen atoms in total. The van der Waals surface area contributed by atoms with Gasteiger partial charge in [-0.25, -0.2) is 4.98 Å².